The van der Waals surface area contributed by atoms with E-state index in [1.165, 1.54) is 0 Å². The van der Waals surface area contributed by atoms with Crippen LogP contribution in [-0.2, 0) is 13.1 Å². The third-order valence-electron chi connectivity index (χ3n) is 5.34. The summed E-state index contributed by atoms with van der Waals surface area (Å²) >= 11 is 6.50. The third-order valence-corrected chi connectivity index (χ3v) is 5.67. The Bertz CT molecular complexity index is 1240. The van der Waals surface area contributed by atoms with Crippen molar-refractivity contribution >= 4 is 11.6 Å². The van der Waals surface area contributed by atoms with Crippen molar-refractivity contribution in [3.63, 3.8) is 0 Å². The standard InChI is InChI=1S/C25H22ClN3O3/c1-30-20-9-7-19(8-10-20)29-15-18(25(28-29)21-4-2-3-5-22(21)26)14-27-13-17-6-11-23-24(12-17)32-16-31-23/h2-12,15,27H,13-14,16H2,1H3. The fourth-order valence-corrected chi connectivity index (χ4v) is 3.90. The highest BCUT2D eigenvalue weighted by Crippen LogP contribution is 2.33. The monoisotopic (exact) mass is 447 g/mol. The summed E-state index contributed by atoms with van der Waals surface area (Å²) in [6, 6.07) is 21.5. The van der Waals surface area contributed by atoms with Gasteiger partial charge in [-0.15, -0.1) is 0 Å². The molecule has 0 fully saturated rings. The van der Waals surface area contributed by atoms with Gasteiger partial charge in [0.1, 0.15) is 5.75 Å². The van der Waals surface area contributed by atoms with Gasteiger partial charge in [-0.3, -0.25) is 0 Å². The van der Waals surface area contributed by atoms with Crippen molar-refractivity contribution in [3.05, 3.63) is 89.1 Å². The molecule has 1 aliphatic rings. The van der Waals surface area contributed by atoms with E-state index in [1.54, 1.807) is 7.11 Å². The lowest BCUT2D eigenvalue weighted by molar-refractivity contribution is 0.174. The molecule has 0 amide bonds. The number of fused-ring (bicyclic) bond motifs is 1. The Balaban J connectivity index is 1.40. The molecule has 1 N–H and O–H groups in total. The molecule has 7 heteroatoms. The van der Waals surface area contributed by atoms with Gasteiger partial charge in [0.25, 0.3) is 0 Å². The van der Waals surface area contributed by atoms with E-state index in [0.717, 1.165) is 45.3 Å². The van der Waals surface area contributed by atoms with Gasteiger partial charge in [-0.2, -0.15) is 5.10 Å². The molecule has 1 aliphatic heterocycles. The molecule has 0 aliphatic carbocycles. The minimum Gasteiger partial charge on any atom is -0.497 e. The number of rotatable bonds is 7. The number of nitrogens with one attached hydrogen (secondary N) is 1. The van der Waals surface area contributed by atoms with E-state index in [4.69, 9.17) is 30.9 Å². The molecule has 6 nitrogen and oxygen atoms in total. The molecular weight excluding hydrogens is 426 g/mol. The Kier molecular flexibility index (Phi) is 5.71. The maximum absolute atomic E-state index is 6.50. The Hall–Kier alpha value is -3.48. The summed E-state index contributed by atoms with van der Waals surface area (Å²) in [5.74, 6) is 2.38. The highest BCUT2D eigenvalue weighted by atomic mass is 35.5. The summed E-state index contributed by atoms with van der Waals surface area (Å²) < 4.78 is 18.0. The van der Waals surface area contributed by atoms with Crippen LogP contribution < -0.4 is 19.5 Å². The fraction of sp³-hybridized carbons (Fsp3) is 0.160. The molecule has 5 rings (SSSR count). The van der Waals surface area contributed by atoms with Gasteiger partial charge >= 0.3 is 0 Å². The van der Waals surface area contributed by atoms with Gasteiger partial charge in [0.15, 0.2) is 11.5 Å². The normalized spacial score (nSPS) is 12.2. The summed E-state index contributed by atoms with van der Waals surface area (Å²) in [5.41, 5.74) is 4.87. The number of ether oxygens (including phenoxy) is 3. The number of nitrogens with zero attached hydrogens (tertiary/aromatic N) is 2. The van der Waals surface area contributed by atoms with Gasteiger partial charge in [-0.05, 0) is 48.0 Å². The van der Waals surface area contributed by atoms with E-state index in [0.29, 0.717) is 18.1 Å². The van der Waals surface area contributed by atoms with E-state index in [-0.39, 0.29) is 6.79 Å². The topological polar surface area (TPSA) is 57.5 Å². The van der Waals surface area contributed by atoms with Crippen LogP contribution in [0.15, 0.2) is 72.9 Å². The Labute approximate surface area is 191 Å². The first kappa shape index (κ1) is 20.4. The molecule has 0 spiro atoms. The average Bonchev–Trinajstić information content (AvgIpc) is 3.46. The lowest BCUT2D eigenvalue weighted by atomic mass is 10.1. The van der Waals surface area contributed by atoms with Crippen molar-refractivity contribution in [2.24, 2.45) is 0 Å². The van der Waals surface area contributed by atoms with E-state index in [9.17, 15) is 0 Å². The Morgan fingerprint density at radius 2 is 1.81 bits per heavy atom. The van der Waals surface area contributed by atoms with Crippen LogP contribution in [0.4, 0.5) is 0 Å². The van der Waals surface area contributed by atoms with Crippen LogP contribution in [0.25, 0.3) is 16.9 Å². The van der Waals surface area contributed by atoms with Crippen LogP contribution in [0.3, 0.4) is 0 Å². The van der Waals surface area contributed by atoms with Crippen LogP contribution in [-0.4, -0.2) is 23.7 Å². The second kappa shape index (κ2) is 8.94. The summed E-state index contributed by atoms with van der Waals surface area (Å²) in [4.78, 5) is 0. The van der Waals surface area contributed by atoms with Crippen LogP contribution in [0.2, 0.25) is 5.02 Å². The number of hydrogen-bond donors (Lipinski definition) is 1. The van der Waals surface area contributed by atoms with E-state index < -0.39 is 0 Å². The zero-order valence-electron chi connectivity index (χ0n) is 17.5. The van der Waals surface area contributed by atoms with Crippen molar-refractivity contribution in [2.45, 2.75) is 13.1 Å². The van der Waals surface area contributed by atoms with Crippen molar-refractivity contribution < 1.29 is 14.2 Å². The molecule has 0 radical (unpaired) electrons. The molecule has 1 aromatic heterocycles. The second-order valence-electron chi connectivity index (χ2n) is 7.42. The highest BCUT2D eigenvalue weighted by Gasteiger charge is 2.16. The molecule has 162 valence electrons. The Morgan fingerprint density at radius 3 is 2.62 bits per heavy atom. The van der Waals surface area contributed by atoms with Crippen molar-refractivity contribution in [2.75, 3.05) is 13.9 Å². The molecule has 0 atom stereocenters. The first-order valence-electron chi connectivity index (χ1n) is 10.3. The quantitative estimate of drug-likeness (QED) is 0.421. The molecule has 0 bridgehead atoms. The predicted molar refractivity (Wildman–Crippen MR) is 124 cm³/mol. The number of aromatic nitrogens is 2. The number of benzene rings is 3. The van der Waals surface area contributed by atoms with Gasteiger partial charge in [-0.25, -0.2) is 4.68 Å². The maximum atomic E-state index is 6.50. The van der Waals surface area contributed by atoms with Crippen molar-refractivity contribution in [3.8, 4) is 34.2 Å². The zero-order valence-corrected chi connectivity index (χ0v) is 18.3. The van der Waals surface area contributed by atoms with Crippen LogP contribution in [0.1, 0.15) is 11.1 Å². The minimum atomic E-state index is 0.276. The van der Waals surface area contributed by atoms with Crippen LogP contribution >= 0.6 is 11.6 Å². The van der Waals surface area contributed by atoms with Gasteiger partial charge < -0.3 is 19.5 Å². The second-order valence-corrected chi connectivity index (χ2v) is 7.82. The van der Waals surface area contributed by atoms with Gasteiger partial charge in [0.2, 0.25) is 6.79 Å². The van der Waals surface area contributed by atoms with Gasteiger partial charge in [-0.1, -0.05) is 35.9 Å². The summed E-state index contributed by atoms with van der Waals surface area (Å²) in [5, 5.41) is 9.03. The van der Waals surface area contributed by atoms with Crippen LogP contribution in [0, 0.1) is 0 Å². The van der Waals surface area contributed by atoms with Crippen molar-refractivity contribution in [1.29, 1.82) is 0 Å². The first-order valence-corrected chi connectivity index (χ1v) is 10.7. The molecule has 0 saturated carbocycles. The largest absolute Gasteiger partial charge is 0.497 e. The SMILES string of the molecule is COc1ccc(-n2cc(CNCc3ccc4c(c3)OCO4)c(-c3ccccc3Cl)n2)cc1. The number of hydrogen-bond acceptors (Lipinski definition) is 5. The predicted octanol–water partition coefficient (Wildman–Crippen LogP) is 5.22. The molecule has 3 aromatic carbocycles. The fourth-order valence-electron chi connectivity index (χ4n) is 3.68. The summed E-state index contributed by atoms with van der Waals surface area (Å²) in [6.45, 7) is 1.59. The molecule has 4 aromatic rings. The van der Waals surface area contributed by atoms with Gasteiger partial charge in [0, 0.05) is 30.4 Å². The number of halogens is 1. The maximum Gasteiger partial charge on any atom is 0.231 e. The average molecular weight is 448 g/mol. The first-order chi connectivity index (χ1) is 15.7. The zero-order chi connectivity index (χ0) is 21.9. The molecule has 2 heterocycles. The molecule has 0 unspecified atom stereocenters. The molecule has 32 heavy (non-hydrogen) atoms. The smallest absolute Gasteiger partial charge is 0.231 e. The van der Waals surface area contributed by atoms with Crippen LogP contribution in [0.5, 0.6) is 17.2 Å². The van der Waals surface area contributed by atoms with Gasteiger partial charge in [0.05, 0.1) is 23.5 Å². The summed E-state index contributed by atoms with van der Waals surface area (Å²) in [6.07, 6.45) is 2.03. The Morgan fingerprint density at radius 1 is 1.00 bits per heavy atom. The lowest BCUT2D eigenvalue weighted by Gasteiger charge is -2.07. The molecule has 0 saturated heterocycles. The summed E-state index contributed by atoms with van der Waals surface area (Å²) in [7, 11) is 1.66. The third kappa shape index (κ3) is 4.15. The number of methoxy groups -OCH3 is 1. The minimum absolute atomic E-state index is 0.276. The van der Waals surface area contributed by atoms with E-state index in [2.05, 4.69) is 5.32 Å². The van der Waals surface area contributed by atoms with E-state index >= 15 is 0 Å². The highest BCUT2D eigenvalue weighted by molar-refractivity contribution is 6.33. The van der Waals surface area contributed by atoms with E-state index in [1.807, 2.05) is 77.6 Å². The van der Waals surface area contributed by atoms with Crippen molar-refractivity contribution in [1.82, 2.24) is 15.1 Å². The molecular formula is C25H22ClN3O3. The lowest BCUT2D eigenvalue weighted by Crippen LogP contribution is -2.12.